The van der Waals surface area contributed by atoms with Crippen LogP contribution < -0.4 is 4.74 Å². The third-order valence-corrected chi connectivity index (χ3v) is 3.45. The SMILES string of the molecule is CC.CCOc1cccc(C(C)CCc2ccccc2)c1. The van der Waals surface area contributed by atoms with Crippen LogP contribution in [0.2, 0.25) is 0 Å². The molecule has 1 nitrogen and oxygen atoms in total. The van der Waals surface area contributed by atoms with Gasteiger partial charge in [0.2, 0.25) is 0 Å². The third-order valence-electron chi connectivity index (χ3n) is 3.45. The lowest BCUT2D eigenvalue weighted by atomic mass is 9.94. The van der Waals surface area contributed by atoms with Gasteiger partial charge >= 0.3 is 0 Å². The van der Waals surface area contributed by atoms with Crippen molar-refractivity contribution in [1.82, 2.24) is 0 Å². The molecule has 1 heteroatoms. The number of aryl methyl sites for hydroxylation is 1. The molecule has 21 heavy (non-hydrogen) atoms. The predicted octanol–water partition coefficient (Wildman–Crippen LogP) is 5.85. The Morgan fingerprint density at radius 2 is 1.67 bits per heavy atom. The van der Waals surface area contributed by atoms with E-state index in [0.29, 0.717) is 5.92 Å². The molecule has 0 aliphatic rings. The highest BCUT2D eigenvalue weighted by molar-refractivity contribution is 5.30. The maximum Gasteiger partial charge on any atom is 0.119 e. The van der Waals surface area contributed by atoms with Crippen molar-refractivity contribution in [1.29, 1.82) is 0 Å². The zero-order valence-corrected chi connectivity index (χ0v) is 13.8. The number of hydrogen-bond acceptors (Lipinski definition) is 1. The summed E-state index contributed by atoms with van der Waals surface area (Å²) in [5, 5.41) is 0. The lowest BCUT2D eigenvalue weighted by molar-refractivity contribution is 0.339. The van der Waals surface area contributed by atoms with Crippen LogP contribution in [-0.4, -0.2) is 6.61 Å². The highest BCUT2D eigenvalue weighted by Gasteiger charge is 2.07. The van der Waals surface area contributed by atoms with Crippen LogP contribution in [0.25, 0.3) is 0 Å². The molecular weight excluding hydrogens is 256 g/mol. The zero-order valence-electron chi connectivity index (χ0n) is 13.8. The minimum atomic E-state index is 0.556. The van der Waals surface area contributed by atoms with E-state index in [4.69, 9.17) is 4.74 Å². The Bertz CT molecular complexity index is 490. The molecule has 1 unspecified atom stereocenters. The van der Waals surface area contributed by atoms with E-state index in [0.717, 1.165) is 18.8 Å². The van der Waals surface area contributed by atoms with E-state index < -0.39 is 0 Å². The smallest absolute Gasteiger partial charge is 0.119 e. The molecule has 0 amide bonds. The van der Waals surface area contributed by atoms with Crippen molar-refractivity contribution < 1.29 is 4.74 Å². The Kier molecular flexibility index (Phi) is 8.27. The van der Waals surface area contributed by atoms with Crippen molar-refractivity contribution in [2.75, 3.05) is 6.61 Å². The van der Waals surface area contributed by atoms with Crippen LogP contribution in [0, 0.1) is 0 Å². The first-order chi connectivity index (χ1) is 10.3. The van der Waals surface area contributed by atoms with Gasteiger partial charge in [0.25, 0.3) is 0 Å². The van der Waals surface area contributed by atoms with Crippen LogP contribution in [0.3, 0.4) is 0 Å². The van der Waals surface area contributed by atoms with Gasteiger partial charge in [-0.15, -0.1) is 0 Å². The lowest BCUT2D eigenvalue weighted by Crippen LogP contribution is -1.98. The quantitative estimate of drug-likeness (QED) is 0.646. The molecule has 1 atom stereocenters. The Morgan fingerprint density at radius 3 is 2.33 bits per heavy atom. The summed E-state index contributed by atoms with van der Waals surface area (Å²) in [6.07, 6.45) is 2.29. The summed E-state index contributed by atoms with van der Waals surface area (Å²) in [7, 11) is 0. The molecule has 0 heterocycles. The van der Waals surface area contributed by atoms with Gasteiger partial charge in [-0.1, -0.05) is 63.2 Å². The highest BCUT2D eigenvalue weighted by atomic mass is 16.5. The van der Waals surface area contributed by atoms with Gasteiger partial charge < -0.3 is 4.74 Å². The van der Waals surface area contributed by atoms with E-state index in [1.807, 2.05) is 26.8 Å². The average Bonchev–Trinajstić information content (AvgIpc) is 2.56. The maximum absolute atomic E-state index is 5.56. The Balaban J connectivity index is 0.00000106. The molecule has 0 spiro atoms. The monoisotopic (exact) mass is 284 g/mol. The third kappa shape index (κ3) is 6.03. The topological polar surface area (TPSA) is 9.23 Å². The van der Waals surface area contributed by atoms with Crippen LogP contribution in [-0.2, 0) is 6.42 Å². The van der Waals surface area contributed by atoms with Crippen molar-refractivity contribution in [2.24, 2.45) is 0 Å². The van der Waals surface area contributed by atoms with Crippen molar-refractivity contribution in [2.45, 2.75) is 46.5 Å². The fourth-order valence-electron chi connectivity index (χ4n) is 2.27. The number of ether oxygens (including phenoxy) is 1. The van der Waals surface area contributed by atoms with E-state index in [1.54, 1.807) is 0 Å². The van der Waals surface area contributed by atoms with Crippen LogP contribution in [0.1, 0.15) is 51.2 Å². The van der Waals surface area contributed by atoms with E-state index in [-0.39, 0.29) is 0 Å². The molecule has 0 radical (unpaired) electrons. The second-order valence-electron chi connectivity index (χ2n) is 4.93. The molecule has 2 aromatic carbocycles. The number of benzene rings is 2. The number of hydrogen-bond donors (Lipinski definition) is 0. The molecule has 0 saturated heterocycles. The Hall–Kier alpha value is -1.76. The van der Waals surface area contributed by atoms with E-state index in [1.165, 1.54) is 17.5 Å². The van der Waals surface area contributed by atoms with E-state index in [2.05, 4.69) is 55.5 Å². The summed E-state index contributed by atoms with van der Waals surface area (Å²) in [6.45, 7) is 9.03. The van der Waals surface area contributed by atoms with Crippen molar-refractivity contribution in [3.05, 3.63) is 65.7 Å². The molecule has 0 bridgehead atoms. The molecule has 0 fully saturated rings. The van der Waals surface area contributed by atoms with Crippen LogP contribution >= 0.6 is 0 Å². The summed E-state index contributed by atoms with van der Waals surface area (Å²) < 4.78 is 5.56. The molecule has 0 aliphatic carbocycles. The van der Waals surface area contributed by atoms with E-state index >= 15 is 0 Å². The first-order valence-electron chi connectivity index (χ1n) is 8.06. The van der Waals surface area contributed by atoms with Crippen LogP contribution in [0.5, 0.6) is 5.75 Å². The molecular formula is C20H28O. The summed E-state index contributed by atoms with van der Waals surface area (Å²) in [6, 6.07) is 19.1. The van der Waals surface area contributed by atoms with Gasteiger partial charge in [0.15, 0.2) is 0 Å². The summed E-state index contributed by atoms with van der Waals surface area (Å²) in [5.41, 5.74) is 2.78. The first-order valence-corrected chi connectivity index (χ1v) is 8.06. The van der Waals surface area contributed by atoms with Crippen molar-refractivity contribution in [3.63, 3.8) is 0 Å². The lowest BCUT2D eigenvalue weighted by Gasteiger charge is -2.13. The van der Waals surface area contributed by atoms with E-state index in [9.17, 15) is 0 Å². The summed E-state index contributed by atoms with van der Waals surface area (Å²) in [5.74, 6) is 1.53. The molecule has 0 N–H and O–H groups in total. The first kappa shape index (κ1) is 17.3. The Labute approximate surface area is 130 Å². The fraction of sp³-hybridized carbons (Fsp3) is 0.400. The second-order valence-corrected chi connectivity index (χ2v) is 4.93. The fourth-order valence-corrected chi connectivity index (χ4v) is 2.27. The average molecular weight is 284 g/mol. The summed E-state index contributed by atoms with van der Waals surface area (Å²) in [4.78, 5) is 0. The van der Waals surface area contributed by atoms with Gasteiger partial charge in [0.05, 0.1) is 6.61 Å². The molecule has 114 valence electrons. The molecule has 0 aliphatic heterocycles. The number of rotatable bonds is 6. The van der Waals surface area contributed by atoms with Crippen LogP contribution in [0.4, 0.5) is 0 Å². The molecule has 0 saturated carbocycles. The molecule has 0 aromatic heterocycles. The maximum atomic E-state index is 5.56. The van der Waals surface area contributed by atoms with Gasteiger partial charge in [-0.05, 0) is 48.9 Å². The highest BCUT2D eigenvalue weighted by Crippen LogP contribution is 2.24. The standard InChI is InChI=1S/C18H22O.C2H6/c1-3-19-18-11-7-10-17(14-18)15(2)12-13-16-8-5-4-6-9-16;1-2/h4-11,14-15H,3,12-13H2,1-2H3;1-2H3. The normalized spacial score (nSPS) is 11.2. The van der Waals surface area contributed by atoms with Gasteiger partial charge in [0.1, 0.15) is 5.75 Å². The van der Waals surface area contributed by atoms with Gasteiger partial charge in [-0.3, -0.25) is 0 Å². The second kappa shape index (κ2) is 10.0. The molecule has 2 rings (SSSR count). The molecule has 2 aromatic rings. The Morgan fingerprint density at radius 1 is 0.952 bits per heavy atom. The van der Waals surface area contributed by atoms with Gasteiger partial charge in [-0.25, -0.2) is 0 Å². The summed E-state index contributed by atoms with van der Waals surface area (Å²) >= 11 is 0. The van der Waals surface area contributed by atoms with Crippen molar-refractivity contribution >= 4 is 0 Å². The predicted molar refractivity (Wildman–Crippen MR) is 92.1 cm³/mol. The zero-order chi connectivity index (χ0) is 15.5. The minimum Gasteiger partial charge on any atom is -0.494 e. The minimum absolute atomic E-state index is 0.556. The van der Waals surface area contributed by atoms with Crippen LogP contribution in [0.15, 0.2) is 54.6 Å². The largest absolute Gasteiger partial charge is 0.494 e. The van der Waals surface area contributed by atoms with Gasteiger partial charge in [-0.2, -0.15) is 0 Å². The van der Waals surface area contributed by atoms with Crippen molar-refractivity contribution in [3.8, 4) is 5.75 Å². The van der Waals surface area contributed by atoms with Gasteiger partial charge in [0, 0.05) is 0 Å².